The Morgan fingerprint density at radius 2 is 1.92 bits per heavy atom. The molecule has 2 N–H and O–H groups in total. The summed E-state index contributed by atoms with van der Waals surface area (Å²) in [5.41, 5.74) is 1.46. The van der Waals surface area contributed by atoms with E-state index in [1.54, 1.807) is 17.1 Å². The van der Waals surface area contributed by atoms with E-state index in [0.717, 1.165) is 37.1 Å². The van der Waals surface area contributed by atoms with Crippen LogP contribution in [0.5, 0.6) is 0 Å². The summed E-state index contributed by atoms with van der Waals surface area (Å²) in [5, 5.41) is 11.5. The van der Waals surface area contributed by atoms with Gasteiger partial charge in [0, 0.05) is 37.8 Å². The Hall–Kier alpha value is -3.00. The van der Waals surface area contributed by atoms with Gasteiger partial charge in [-0.3, -0.25) is 9.48 Å². The first-order valence-corrected chi connectivity index (χ1v) is 8.28. The first-order valence-electron chi connectivity index (χ1n) is 8.28. The van der Waals surface area contributed by atoms with E-state index in [4.69, 9.17) is 0 Å². The molecule has 0 bridgehead atoms. The van der Waals surface area contributed by atoms with Crippen LogP contribution in [-0.2, 0) is 11.3 Å². The van der Waals surface area contributed by atoms with Crippen LogP contribution < -0.4 is 15.5 Å². The fourth-order valence-electron chi connectivity index (χ4n) is 2.86. The first-order chi connectivity index (χ1) is 12.3. The Bertz CT molecular complexity index is 835. The van der Waals surface area contributed by atoms with Gasteiger partial charge in [0.15, 0.2) is 0 Å². The molecule has 0 saturated carbocycles. The molecule has 8 heteroatoms. The molecule has 1 aliphatic heterocycles. The molecule has 1 aromatic carbocycles. The third-order valence-corrected chi connectivity index (χ3v) is 4.09. The molecule has 1 fully saturated rings. The lowest BCUT2D eigenvalue weighted by Gasteiger charge is -2.27. The lowest BCUT2D eigenvalue weighted by molar-refractivity contribution is -0.116. The minimum Gasteiger partial charge on any atom is -0.338 e. The Morgan fingerprint density at radius 3 is 2.68 bits per heavy atom. The number of carbonyl (C=O) groups excluding carboxylic acids is 1. The molecule has 25 heavy (non-hydrogen) atoms. The van der Waals surface area contributed by atoms with Gasteiger partial charge in [0.2, 0.25) is 11.9 Å². The highest BCUT2D eigenvalue weighted by atomic mass is 16.2. The maximum Gasteiger partial charge on any atom is 0.246 e. The van der Waals surface area contributed by atoms with Crippen LogP contribution in [0.4, 0.5) is 11.6 Å². The van der Waals surface area contributed by atoms with Crippen LogP contribution in [0.2, 0.25) is 0 Å². The van der Waals surface area contributed by atoms with Gasteiger partial charge in [-0.2, -0.15) is 5.10 Å². The second kappa shape index (κ2) is 6.86. The van der Waals surface area contributed by atoms with Crippen molar-refractivity contribution in [2.24, 2.45) is 0 Å². The topological polar surface area (TPSA) is 88.0 Å². The summed E-state index contributed by atoms with van der Waals surface area (Å²) in [6.45, 7) is 3.78. The van der Waals surface area contributed by atoms with Crippen molar-refractivity contribution in [1.82, 2.24) is 25.1 Å². The first kappa shape index (κ1) is 15.5. The number of piperazine rings is 1. The zero-order valence-corrected chi connectivity index (χ0v) is 13.7. The zero-order chi connectivity index (χ0) is 17.1. The van der Waals surface area contributed by atoms with Crippen LogP contribution in [0, 0.1) is 0 Å². The van der Waals surface area contributed by atoms with E-state index in [1.807, 2.05) is 30.5 Å². The molecule has 4 rings (SSSR count). The SMILES string of the molecule is O=C(Cn1cc2ccccc2n1)Nc1cnc(N2CCNCC2)nc1. The summed E-state index contributed by atoms with van der Waals surface area (Å²) >= 11 is 0. The summed E-state index contributed by atoms with van der Waals surface area (Å²) in [7, 11) is 0. The summed E-state index contributed by atoms with van der Waals surface area (Å²) in [5.74, 6) is 0.532. The molecule has 0 atom stereocenters. The molecular weight excluding hydrogens is 318 g/mol. The van der Waals surface area contributed by atoms with E-state index >= 15 is 0 Å². The molecule has 1 saturated heterocycles. The van der Waals surface area contributed by atoms with Crippen LogP contribution in [-0.4, -0.2) is 51.8 Å². The van der Waals surface area contributed by atoms with Gasteiger partial charge in [-0.1, -0.05) is 18.2 Å². The van der Waals surface area contributed by atoms with E-state index in [0.29, 0.717) is 11.6 Å². The highest BCUT2D eigenvalue weighted by Gasteiger charge is 2.13. The average Bonchev–Trinajstić information content (AvgIpc) is 3.05. The van der Waals surface area contributed by atoms with Crippen LogP contribution in [0.1, 0.15) is 0 Å². The third kappa shape index (κ3) is 3.58. The molecule has 0 spiro atoms. The van der Waals surface area contributed by atoms with E-state index in [9.17, 15) is 4.79 Å². The standard InChI is InChI=1S/C17H19N7O/c25-16(12-24-11-13-3-1-2-4-15(13)22-24)21-14-9-19-17(20-10-14)23-7-5-18-6-8-23/h1-4,9-11,18H,5-8,12H2,(H,21,25). The van der Waals surface area contributed by atoms with Crippen LogP contribution in [0.25, 0.3) is 10.9 Å². The number of carbonyl (C=O) groups is 1. The van der Waals surface area contributed by atoms with E-state index in [2.05, 4.69) is 30.6 Å². The summed E-state index contributed by atoms with van der Waals surface area (Å²) in [6, 6.07) is 7.77. The molecule has 0 radical (unpaired) electrons. The van der Waals surface area contributed by atoms with Crippen molar-refractivity contribution in [3.05, 3.63) is 42.9 Å². The lowest BCUT2D eigenvalue weighted by Crippen LogP contribution is -2.44. The normalized spacial score (nSPS) is 14.6. The quantitative estimate of drug-likeness (QED) is 0.735. The Labute approximate surface area is 144 Å². The number of nitrogens with one attached hydrogen (secondary N) is 2. The molecule has 3 aromatic rings. The van der Waals surface area contributed by atoms with Crippen molar-refractivity contribution < 1.29 is 4.79 Å². The fraction of sp³-hybridized carbons (Fsp3) is 0.294. The van der Waals surface area contributed by atoms with Gasteiger partial charge in [-0.05, 0) is 6.07 Å². The number of fused-ring (bicyclic) bond motifs is 1. The molecule has 0 unspecified atom stereocenters. The molecular formula is C17H19N7O. The van der Waals surface area contributed by atoms with Gasteiger partial charge in [-0.25, -0.2) is 9.97 Å². The van der Waals surface area contributed by atoms with Crippen LogP contribution in [0.15, 0.2) is 42.9 Å². The van der Waals surface area contributed by atoms with Gasteiger partial charge in [0.05, 0.1) is 23.6 Å². The van der Waals surface area contributed by atoms with Crippen molar-refractivity contribution >= 4 is 28.4 Å². The second-order valence-corrected chi connectivity index (χ2v) is 5.94. The minimum atomic E-state index is -0.161. The number of hydrogen-bond donors (Lipinski definition) is 2. The second-order valence-electron chi connectivity index (χ2n) is 5.94. The number of aromatic nitrogens is 4. The largest absolute Gasteiger partial charge is 0.338 e. The predicted octanol–water partition coefficient (Wildman–Crippen LogP) is 0.875. The molecule has 3 heterocycles. The fourth-order valence-corrected chi connectivity index (χ4v) is 2.86. The summed E-state index contributed by atoms with van der Waals surface area (Å²) < 4.78 is 1.63. The Balaban J connectivity index is 1.38. The lowest BCUT2D eigenvalue weighted by atomic mass is 10.3. The van der Waals surface area contributed by atoms with Crippen molar-refractivity contribution in [3.8, 4) is 0 Å². The van der Waals surface area contributed by atoms with Crippen molar-refractivity contribution in [1.29, 1.82) is 0 Å². The maximum absolute atomic E-state index is 12.2. The molecule has 128 valence electrons. The monoisotopic (exact) mass is 337 g/mol. The summed E-state index contributed by atoms with van der Waals surface area (Å²) in [4.78, 5) is 23.0. The number of amides is 1. The predicted molar refractivity (Wildman–Crippen MR) is 95.5 cm³/mol. The van der Waals surface area contributed by atoms with Crippen LogP contribution >= 0.6 is 0 Å². The van der Waals surface area contributed by atoms with Crippen molar-refractivity contribution in [2.45, 2.75) is 6.54 Å². The Morgan fingerprint density at radius 1 is 1.16 bits per heavy atom. The molecule has 1 amide bonds. The summed E-state index contributed by atoms with van der Waals surface area (Å²) in [6.07, 6.45) is 5.14. The molecule has 8 nitrogen and oxygen atoms in total. The Kier molecular flexibility index (Phi) is 4.26. The van der Waals surface area contributed by atoms with E-state index in [1.165, 1.54) is 0 Å². The number of rotatable bonds is 4. The number of benzene rings is 1. The highest BCUT2D eigenvalue weighted by Crippen LogP contribution is 2.12. The third-order valence-electron chi connectivity index (χ3n) is 4.09. The number of nitrogens with zero attached hydrogens (tertiary/aromatic N) is 5. The zero-order valence-electron chi connectivity index (χ0n) is 13.7. The molecule has 2 aromatic heterocycles. The van der Waals surface area contributed by atoms with E-state index in [-0.39, 0.29) is 12.5 Å². The van der Waals surface area contributed by atoms with Gasteiger partial charge in [0.1, 0.15) is 6.54 Å². The van der Waals surface area contributed by atoms with Gasteiger partial charge in [0.25, 0.3) is 0 Å². The van der Waals surface area contributed by atoms with Crippen molar-refractivity contribution in [3.63, 3.8) is 0 Å². The highest BCUT2D eigenvalue weighted by molar-refractivity contribution is 5.90. The minimum absolute atomic E-state index is 0.147. The number of anilines is 2. The molecule has 0 aliphatic carbocycles. The van der Waals surface area contributed by atoms with Crippen LogP contribution in [0.3, 0.4) is 0 Å². The number of hydrogen-bond acceptors (Lipinski definition) is 6. The smallest absolute Gasteiger partial charge is 0.246 e. The van der Waals surface area contributed by atoms with Gasteiger partial charge in [-0.15, -0.1) is 0 Å². The maximum atomic E-state index is 12.2. The van der Waals surface area contributed by atoms with Crippen molar-refractivity contribution in [2.75, 3.05) is 36.4 Å². The van der Waals surface area contributed by atoms with Gasteiger partial charge < -0.3 is 15.5 Å². The van der Waals surface area contributed by atoms with Gasteiger partial charge >= 0.3 is 0 Å². The average molecular weight is 337 g/mol. The molecule has 1 aliphatic rings. The van der Waals surface area contributed by atoms with E-state index < -0.39 is 0 Å².